The van der Waals surface area contributed by atoms with Crippen molar-refractivity contribution in [2.75, 3.05) is 31.1 Å². The zero-order valence-corrected chi connectivity index (χ0v) is 16.9. The van der Waals surface area contributed by atoms with E-state index in [1.54, 1.807) is 4.57 Å². The molecule has 156 valence electrons. The average molecular weight is 399 g/mol. The van der Waals surface area contributed by atoms with Crippen molar-refractivity contribution in [3.8, 4) is 0 Å². The van der Waals surface area contributed by atoms with Crippen molar-refractivity contribution >= 4 is 22.9 Å². The van der Waals surface area contributed by atoms with Crippen LogP contribution in [0.5, 0.6) is 0 Å². The number of amides is 2. The number of urea groups is 1. The fourth-order valence-corrected chi connectivity index (χ4v) is 4.18. The number of hydrogen-bond donors (Lipinski definition) is 2. The van der Waals surface area contributed by atoms with Gasteiger partial charge in [0.15, 0.2) is 5.82 Å². The highest BCUT2D eigenvalue weighted by Gasteiger charge is 2.25. The lowest BCUT2D eigenvalue weighted by atomic mass is 10.1. The third kappa shape index (κ3) is 4.37. The Balaban J connectivity index is 1.36. The zero-order chi connectivity index (χ0) is 20.2. The van der Waals surface area contributed by atoms with E-state index in [4.69, 9.17) is 4.74 Å². The van der Waals surface area contributed by atoms with Crippen molar-refractivity contribution in [1.82, 2.24) is 20.2 Å². The number of ether oxygens (including phenoxy) is 1. The first-order valence-corrected chi connectivity index (χ1v) is 10.6. The second-order valence-electron chi connectivity index (χ2n) is 7.72. The highest BCUT2D eigenvalue weighted by Crippen LogP contribution is 2.19. The maximum atomic E-state index is 13.0. The molecule has 2 fully saturated rings. The van der Waals surface area contributed by atoms with E-state index in [0.29, 0.717) is 32.0 Å². The summed E-state index contributed by atoms with van der Waals surface area (Å²) in [4.78, 5) is 31.8. The molecule has 2 saturated heterocycles. The number of fused-ring (bicyclic) bond motifs is 1. The first-order chi connectivity index (χ1) is 14.2. The van der Waals surface area contributed by atoms with Crippen LogP contribution in [0.3, 0.4) is 0 Å². The van der Waals surface area contributed by atoms with E-state index in [-0.39, 0.29) is 23.7 Å². The van der Waals surface area contributed by atoms with Crippen molar-refractivity contribution in [3.05, 3.63) is 34.6 Å². The van der Waals surface area contributed by atoms with Crippen molar-refractivity contribution in [2.24, 2.45) is 0 Å². The largest absolute Gasteiger partial charge is 0.376 e. The summed E-state index contributed by atoms with van der Waals surface area (Å²) >= 11 is 0. The number of piperidine rings is 1. The Bertz CT molecular complexity index is 914. The number of para-hydroxylation sites is 2. The van der Waals surface area contributed by atoms with Crippen LogP contribution in [-0.2, 0) is 11.3 Å². The number of hydrogen-bond acceptors (Lipinski definition) is 5. The summed E-state index contributed by atoms with van der Waals surface area (Å²) in [6.45, 7) is 5.32. The van der Waals surface area contributed by atoms with Crippen molar-refractivity contribution < 1.29 is 9.53 Å². The van der Waals surface area contributed by atoms with Gasteiger partial charge in [-0.2, -0.15) is 0 Å². The Morgan fingerprint density at radius 1 is 1.24 bits per heavy atom. The maximum Gasteiger partial charge on any atom is 0.315 e. The Hall–Kier alpha value is -2.61. The molecule has 0 spiro atoms. The molecule has 8 heteroatoms. The Morgan fingerprint density at radius 2 is 2.03 bits per heavy atom. The molecule has 29 heavy (non-hydrogen) atoms. The van der Waals surface area contributed by atoms with E-state index in [9.17, 15) is 9.59 Å². The fraction of sp³-hybridized carbons (Fsp3) is 0.571. The number of benzene rings is 1. The zero-order valence-electron chi connectivity index (χ0n) is 16.9. The number of nitrogens with one attached hydrogen (secondary N) is 2. The summed E-state index contributed by atoms with van der Waals surface area (Å²) in [5.74, 6) is 0.506. The number of aromatic nitrogens is 2. The molecule has 2 aliphatic heterocycles. The molecule has 0 radical (unpaired) electrons. The van der Waals surface area contributed by atoms with Gasteiger partial charge in [0, 0.05) is 38.8 Å². The van der Waals surface area contributed by atoms with E-state index in [0.717, 1.165) is 43.3 Å². The number of rotatable bonds is 5. The molecule has 2 aromatic rings. The minimum Gasteiger partial charge on any atom is -0.376 e. The van der Waals surface area contributed by atoms with Crippen LogP contribution >= 0.6 is 0 Å². The molecule has 0 bridgehead atoms. The minimum atomic E-state index is -0.142. The number of nitrogens with zero attached hydrogens (tertiary/aromatic N) is 3. The van der Waals surface area contributed by atoms with Gasteiger partial charge in [-0.25, -0.2) is 9.78 Å². The van der Waals surface area contributed by atoms with Gasteiger partial charge in [-0.3, -0.25) is 4.79 Å². The van der Waals surface area contributed by atoms with Gasteiger partial charge >= 0.3 is 6.03 Å². The molecular formula is C21H29N5O3. The molecular weight excluding hydrogens is 370 g/mol. The molecule has 1 atom stereocenters. The minimum absolute atomic E-state index is 0.0492. The summed E-state index contributed by atoms with van der Waals surface area (Å²) in [6, 6.07) is 7.70. The highest BCUT2D eigenvalue weighted by molar-refractivity contribution is 5.76. The monoisotopic (exact) mass is 399 g/mol. The molecule has 4 rings (SSSR count). The van der Waals surface area contributed by atoms with Gasteiger partial charge in [0.2, 0.25) is 0 Å². The van der Waals surface area contributed by atoms with Crippen LogP contribution in [0.2, 0.25) is 0 Å². The summed E-state index contributed by atoms with van der Waals surface area (Å²) < 4.78 is 7.31. The van der Waals surface area contributed by atoms with Crippen LogP contribution in [0.1, 0.15) is 32.6 Å². The number of aryl methyl sites for hydroxylation is 1. The molecule has 2 amide bonds. The van der Waals surface area contributed by atoms with Crippen molar-refractivity contribution in [2.45, 2.75) is 51.3 Å². The van der Waals surface area contributed by atoms with Gasteiger partial charge in [0.25, 0.3) is 5.56 Å². The molecule has 1 aromatic carbocycles. The molecule has 1 unspecified atom stereocenters. The van der Waals surface area contributed by atoms with Crippen LogP contribution in [0.25, 0.3) is 11.0 Å². The third-order valence-electron chi connectivity index (χ3n) is 5.80. The Labute approximate surface area is 170 Å². The van der Waals surface area contributed by atoms with E-state index >= 15 is 0 Å². The first kappa shape index (κ1) is 19.7. The van der Waals surface area contributed by atoms with Crippen LogP contribution < -0.4 is 21.1 Å². The predicted octanol–water partition coefficient (Wildman–Crippen LogP) is 1.86. The summed E-state index contributed by atoms with van der Waals surface area (Å²) in [6.07, 6.45) is 3.78. The first-order valence-electron chi connectivity index (χ1n) is 10.6. The van der Waals surface area contributed by atoms with E-state index in [1.807, 2.05) is 36.1 Å². The fourth-order valence-electron chi connectivity index (χ4n) is 4.18. The lowest BCUT2D eigenvalue weighted by Crippen LogP contribution is -2.50. The Morgan fingerprint density at radius 3 is 2.76 bits per heavy atom. The third-order valence-corrected chi connectivity index (χ3v) is 5.80. The molecule has 1 aromatic heterocycles. The van der Waals surface area contributed by atoms with Gasteiger partial charge in [-0.05, 0) is 44.7 Å². The molecule has 2 N–H and O–H groups in total. The second kappa shape index (κ2) is 8.82. The van der Waals surface area contributed by atoms with Gasteiger partial charge in [0.05, 0.1) is 17.1 Å². The standard InChI is InChI=1S/C21H29N5O3/c1-2-26-18-8-4-3-7-17(18)24-19(20(26)27)25-11-9-15(10-12-25)23-21(28)22-14-16-6-5-13-29-16/h3-4,7-8,15-16H,2,5-6,9-14H2,1H3,(H2,22,23,28). The lowest BCUT2D eigenvalue weighted by molar-refractivity contribution is 0.111. The highest BCUT2D eigenvalue weighted by atomic mass is 16.5. The molecule has 2 aliphatic rings. The van der Waals surface area contributed by atoms with Gasteiger partial charge < -0.3 is 24.8 Å². The summed E-state index contributed by atoms with van der Waals surface area (Å²) in [7, 11) is 0. The molecule has 3 heterocycles. The van der Waals surface area contributed by atoms with Gasteiger partial charge in [-0.15, -0.1) is 0 Å². The number of carbonyl (C=O) groups is 1. The molecule has 0 aliphatic carbocycles. The van der Waals surface area contributed by atoms with E-state index in [1.165, 1.54) is 0 Å². The second-order valence-corrected chi connectivity index (χ2v) is 7.72. The topological polar surface area (TPSA) is 88.5 Å². The SMILES string of the molecule is CCn1c(=O)c(N2CCC(NC(=O)NCC3CCCO3)CC2)nc2ccccc21. The molecule has 8 nitrogen and oxygen atoms in total. The summed E-state index contributed by atoms with van der Waals surface area (Å²) in [5.41, 5.74) is 1.65. The van der Waals surface area contributed by atoms with Crippen molar-refractivity contribution in [1.29, 1.82) is 0 Å². The van der Waals surface area contributed by atoms with Crippen LogP contribution in [0.15, 0.2) is 29.1 Å². The molecule has 0 saturated carbocycles. The van der Waals surface area contributed by atoms with Gasteiger partial charge in [0.1, 0.15) is 0 Å². The number of carbonyl (C=O) groups excluding carboxylic acids is 1. The van der Waals surface area contributed by atoms with Crippen molar-refractivity contribution in [3.63, 3.8) is 0 Å². The Kier molecular flexibility index (Phi) is 5.99. The van der Waals surface area contributed by atoms with Crippen LogP contribution in [0.4, 0.5) is 10.6 Å². The maximum absolute atomic E-state index is 13.0. The van der Waals surface area contributed by atoms with E-state index < -0.39 is 0 Å². The lowest BCUT2D eigenvalue weighted by Gasteiger charge is -2.33. The van der Waals surface area contributed by atoms with Gasteiger partial charge in [-0.1, -0.05) is 12.1 Å². The normalized spacial score (nSPS) is 20.2. The predicted molar refractivity (Wildman–Crippen MR) is 112 cm³/mol. The smallest absolute Gasteiger partial charge is 0.315 e. The van der Waals surface area contributed by atoms with Crippen LogP contribution in [0, 0.1) is 0 Å². The van der Waals surface area contributed by atoms with Crippen LogP contribution in [-0.4, -0.2) is 54.0 Å². The quantitative estimate of drug-likeness (QED) is 0.801. The number of anilines is 1. The summed E-state index contributed by atoms with van der Waals surface area (Å²) in [5, 5.41) is 5.95. The van der Waals surface area contributed by atoms with E-state index in [2.05, 4.69) is 15.6 Å². The average Bonchev–Trinajstić information content (AvgIpc) is 3.26.